The Labute approximate surface area is 140 Å². The maximum Gasteiger partial charge on any atom is 0.337 e. The van der Waals surface area contributed by atoms with Crippen molar-refractivity contribution in [3.63, 3.8) is 0 Å². The molecule has 2 aromatic carbocycles. The van der Waals surface area contributed by atoms with Gasteiger partial charge in [0.05, 0.1) is 30.1 Å². The number of hydrogen-bond donors (Lipinski definition) is 0. The van der Waals surface area contributed by atoms with Gasteiger partial charge >= 0.3 is 5.97 Å². The van der Waals surface area contributed by atoms with Crippen LogP contribution in [-0.2, 0) is 14.8 Å². The SMILES string of the molecule is COC(=O)c1ccc2c(c1)cc(-c1ccc(C)cc1)n2S(C)(=O)=O. The molecule has 0 N–H and O–H groups in total. The summed E-state index contributed by atoms with van der Waals surface area (Å²) in [4.78, 5) is 11.7. The van der Waals surface area contributed by atoms with Crippen LogP contribution in [0.5, 0.6) is 0 Å². The lowest BCUT2D eigenvalue weighted by Crippen LogP contribution is -2.11. The van der Waals surface area contributed by atoms with Crippen LogP contribution in [0.1, 0.15) is 15.9 Å². The number of hydrogen-bond acceptors (Lipinski definition) is 4. The van der Waals surface area contributed by atoms with Gasteiger partial charge in [0.2, 0.25) is 10.0 Å². The average Bonchev–Trinajstić information content (AvgIpc) is 2.93. The first kappa shape index (κ1) is 16.3. The van der Waals surface area contributed by atoms with Crippen molar-refractivity contribution >= 4 is 26.9 Å². The first-order valence-electron chi connectivity index (χ1n) is 7.32. The molecule has 0 bridgehead atoms. The van der Waals surface area contributed by atoms with Gasteiger partial charge in [0.15, 0.2) is 0 Å². The molecular formula is C18H17NO4S. The Bertz CT molecular complexity index is 1030. The van der Waals surface area contributed by atoms with Crippen LogP contribution in [0.3, 0.4) is 0 Å². The van der Waals surface area contributed by atoms with Crippen LogP contribution >= 0.6 is 0 Å². The minimum Gasteiger partial charge on any atom is -0.465 e. The van der Waals surface area contributed by atoms with E-state index in [1.54, 1.807) is 24.3 Å². The fourth-order valence-electron chi connectivity index (χ4n) is 2.72. The van der Waals surface area contributed by atoms with Crippen LogP contribution in [0.2, 0.25) is 0 Å². The number of carbonyl (C=O) groups is 1. The highest BCUT2D eigenvalue weighted by atomic mass is 32.2. The van der Waals surface area contributed by atoms with Gasteiger partial charge < -0.3 is 4.74 Å². The first-order chi connectivity index (χ1) is 11.3. The molecule has 0 aliphatic carbocycles. The summed E-state index contributed by atoms with van der Waals surface area (Å²) in [5, 5.41) is 0.666. The summed E-state index contributed by atoms with van der Waals surface area (Å²) in [7, 11) is -2.20. The van der Waals surface area contributed by atoms with Gasteiger partial charge in [0.1, 0.15) is 0 Å². The van der Waals surface area contributed by atoms with E-state index in [-0.39, 0.29) is 0 Å². The van der Waals surface area contributed by atoms with Crippen molar-refractivity contribution in [3.8, 4) is 11.3 Å². The van der Waals surface area contributed by atoms with E-state index in [1.165, 1.54) is 17.3 Å². The van der Waals surface area contributed by atoms with Gasteiger partial charge in [-0.1, -0.05) is 29.8 Å². The van der Waals surface area contributed by atoms with Crippen molar-refractivity contribution in [1.82, 2.24) is 3.97 Å². The maximum atomic E-state index is 12.3. The molecule has 0 aliphatic heterocycles. The van der Waals surface area contributed by atoms with Crippen molar-refractivity contribution < 1.29 is 17.9 Å². The summed E-state index contributed by atoms with van der Waals surface area (Å²) in [6.07, 6.45) is 1.17. The highest BCUT2D eigenvalue weighted by Gasteiger charge is 2.19. The maximum absolute atomic E-state index is 12.3. The molecule has 3 rings (SSSR count). The quantitative estimate of drug-likeness (QED) is 0.685. The Morgan fingerprint density at radius 2 is 1.71 bits per heavy atom. The van der Waals surface area contributed by atoms with E-state index in [9.17, 15) is 13.2 Å². The Morgan fingerprint density at radius 1 is 1.04 bits per heavy atom. The lowest BCUT2D eigenvalue weighted by atomic mass is 10.1. The van der Waals surface area contributed by atoms with Gasteiger partial charge in [-0.3, -0.25) is 0 Å². The molecule has 1 heterocycles. The Kier molecular flexibility index (Phi) is 3.93. The molecule has 0 atom stereocenters. The monoisotopic (exact) mass is 343 g/mol. The lowest BCUT2D eigenvalue weighted by Gasteiger charge is -2.09. The number of methoxy groups -OCH3 is 1. The number of aryl methyl sites for hydroxylation is 1. The number of fused-ring (bicyclic) bond motifs is 1. The van der Waals surface area contributed by atoms with E-state index < -0.39 is 16.0 Å². The Morgan fingerprint density at radius 3 is 2.29 bits per heavy atom. The topological polar surface area (TPSA) is 65.4 Å². The van der Waals surface area contributed by atoms with Crippen LogP contribution in [0.15, 0.2) is 48.5 Å². The van der Waals surface area contributed by atoms with Crippen LogP contribution in [0.4, 0.5) is 0 Å². The number of benzene rings is 2. The summed E-state index contributed by atoms with van der Waals surface area (Å²) in [5.74, 6) is -0.458. The molecular weight excluding hydrogens is 326 g/mol. The third kappa shape index (κ3) is 2.80. The van der Waals surface area contributed by atoms with E-state index in [4.69, 9.17) is 4.74 Å². The predicted octanol–water partition coefficient (Wildman–Crippen LogP) is 3.21. The van der Waals surface area contributed by atoms with Crippen molar-refractivity contribution in [2.75, 3.05) is 13.4 Å². The van der Waals surface area contributed by atoms with Crippen LogP contribution in [0, 0.1) is 6.92 Å². The molecule has 0 saturated carbocycles. The third-order valence-electron chi connectivity index (χ3n) is 3.86. The second-order valence-electron chi connectivity index (χ2n) is 5.69. The molecule has 6 heteroatoms. The van der Waals surface area contributed by atoms with E-state index in [2.05, 4.69) is 0 Å². The Hall–Kier alpha value is -2.60. The minimum absolute atomic E-state index is 0.381. The standard InChI is InChI=1S/C18H17NO4S/c1-12-4-6-13(7-5-12)17-11-15-10-14(18(20)23-2)8-9-16(15)19(17)24(3,21)22/h4-11H,1-3H3. The molecule has 3 aromatic rings. The smallest absolute Gasteiger partial charge is 0.337 e. The molecule has 124 valence electrons. The van der Waals surface area contributed by atoms with Crippen molar-refractivity contribution in [3.05, 3.63) is 59.7 Å². The summed E-state index contributed by atoms with van der Waals surface area (Å²) in [6.45, 7) is 1.97. The molecule has 0 amide bonds. The van der Waals surface area contributed by atoms with Crippen molar-refractivity contribution in [2.45, 2.75) is 6.92 Å². The van der Waals surface area contributed by atoms with E-state index >= 15 is 0 Å². The van der Waals surface area contributed by atoms with Crippen LogP contribution in [-0.4, -0.2) is 31.7 Å². The largest absolute Gasteiger partial charge is 0.465 e. The molecule has 0 fully saturated rings. The fourth-order valence-corrected chi connectivity index (χ4v) is 3.76. The summed E-state index contributed by atoms with van der Waals surface area (Å²) in [6, 6.07) is 14.2. The highest BCUT2D eigenvalue weighted by Crippen LogP contribution is 2.30. The lowest BCUT2D eigenvalue weighted by molar-refractivity contribution is 0.0601. The van der Waals surface area contributed by atoms with Crippen LogP contribution in [0.25, 0.3) is 22.2 Å². The van der Waals surface area contributed by atoms with Crippen LogP contribution < -0.4 is 0 Å². The summed E-state index contributed by atoms with van der Waals surface area (Å²) < 4.78 is 30.7. The number of carbonyl (C=O) groups excluding carboxylic acids is 1. The Balaban J connectivity index is 2.31. The summed E-state index contributed by atoms with van der Waals surface area (Å²) >= 11 is 0. The van der Waals surface area contributed by atoms with Gasteiger partial charge in [-0.15, -0.1) is 0 Å². The van der Waals surface area contributed by atoms with E-state index in [0.717, 1.165) is 11.1 Å². The third-order valence-corrected chi connectivity index (χ3v) is 4.91. The van der Waals surface area contributed by atoms with Crippen molar-refractivity contribution in [1.29, 1.82) is 0 Å². The molecule has 0 spiro atoms. The summed E-state index contributed by atoms with van der Waals surface area (Å²) in [5.41, 5.74) is 3.36. The number of ether oxygens (including phenoxy) is 1. The zero-order chi connectivity index (χ0) is 17.5. The average molecular weight is 343 g/mol. The first-order valence-corrected chi connectivity index (χ1v) is 9.17. The minimum atomic E-state index is -3.51. The van der Waals surface area contributed by atoms with Gasteiger partial charge in [-0.2, -0.15) is 0 Å². The molecule has 0 saturated heterocycles. The zero-order valence-electron chi connectivity index (χ0n) is 13.6. The van der Waals surface area contributed by atoms with E-state index in [0.29, 0.717) is 22.2 Å². The van der Waals surface area contributed by atoms with E-state index in [1.807, 2.05) is 31.2 Å². The highest BCUT2D eigenvalue weighted by molar-refractivity contribution is 7.89. The normalized spacial score (nSPS) is 11.6. The molecule has 5 nitrogen and oxygen atoms in total. The molecule has 0 unspecified atom stereocenters. The fraction of sp³-hybridized carbons (Fsp3) is 0.167. The van der Waals surface area contributed by atoms with Gasteiger partial charge in [0.25, 0.3) is 0 Å². The number of aromatic nitrogens is 1. The number of nitrogens with zero attached hydrogens (tertiary/aromatic N) is 1. The van der Waals surface area contributed by atoms with Crippen molar-refractivity contribution in [2.24, 2.45) is 0 Å². The second-order valence-corrected chi connectivity index (χ2v) is 7.52. The molecule has 24 heavy (non-hydrogen) atoms. The van der Waals surface area contributed by atoms with Gasteiger partial charge in [-0.05, 0) is 36.8 Å². The number of esters is 1. The second kappa shape index (κ2) is 5.79. The van der Waals surface area contributed by atoms with Gasteiger partial charge in [0, 0.05) is 5.39 Å². The molecule has 1 aromatic heterocycles. The molecule has 0 radical (unpaired) electrons. The zero-order valence-corrected chi connectivity index (χ0v) is 14.4. The predicted molar refractivity (Wildman–Crippen MR) is 93.7 cm³/mol. The number of rotatable bonds is 3. The molecule has 0 aliphatic rings. The van der Waals surface area contributed by atoms with Gasteiger partial charge in [-0.25, -0.2) is 17.2 Å².